The first-order chi connectivity index (χ1) is 7.33. The summed E-state index contributed by atoms with van der Waals surface area (Å²) in [6.45, 7) is 3.90. The van der Waals surface area contributed by atoms with E-state index in [1.54, 1.807) is 7.11 Å². The van der Waals surface area contributed by atoms with Crippen molar-refractivity contribution in [3.8, 4) is 5.75 Å². The van der Waals surface area contributed by atoms with Gasteiger partial charge in [-0.05, 0) is 31.4 Å². The average molecular weight is 263 g/mol. The standard InChI is InChI=1S/C11H15ClO3S/c1-8-6-9(2)11(15-3)10(7-8)4-5-16(12,13)14/h6-7H,4-5H2,1-3H3. The zero-order valence-electron chi connectivity index (χ0n) is 9.58. The van der Waals surface area contributed by atoms with E-state index in [-0.39, 0.29) is 5.75 Å². The number of hydrogen-bond acceptors (Lipinski definition) is 3. The van der Waals surface area contributed by atoms with E-state index in [0.29, 0.717) is 6.42 Å². The number of rotatable bonds is 4. The largest absolute Gasteiger partial charge is 0.496 e. The van der Waals surface area contributed by atoms with E-state index in [1.807, 2.05) is 26.0 Å². The summed E-state index contributed by atoms with van der Waals surface area (Å²) in [5.41, 5.74) is 2.97. The Bertz CT molecular complexity index is 480. The molecular weight excluding hydrogens is 248 g/mol. The lowest BCUT2D eigenvalue weighted by Crippen LogP contribution is -2.04. The second-order valence-electron chi connectivity index (χ2n) is 3.77. The molecule has 0 N–H and O–H groups in total. The molecule has 0 aliphatic carbocycles. The van der Waals surface area contributed by atoms with Crippen molar-refractivity contribution in [2.24, 2.45) is 0 Å². The van der Waals surface area contributed by atoms with E-state index in [0.717, 1.165) is 22.4 Å². The van der Waals surface area contributed by atoms with E-state index in [4.69, 9.17) is 15.4 Å². The Kier molecular flexibility index (Phi) is 4.21. The third-order valence-corrected chi connectivity index (χ3v) is 3.47. The summed E-state index contributed by atoms with van der Waals surface area (Å²) in [5, 5.41) is 0. The van der Waals surface area contributed by atoms with Crippen LogP contribution in [0.15, 0.2) is 12.1 Å². The lowest BCUT2D eigenvalue weighted by Gasteiger charge is -2.12. The van der Waals surface area contributed by atoms with Crippen LogP contribution < -0.4 is 4.74 Å². The van der Waals surface area contributed by atoms with Gasteiger partial charge in [0.05, 0.1) is 12.9 Å². The summed E-state index contributed by atoms with van der Waals surface area (Å²) in [5.74, 6) is 0.666. The Morgan fingerprint density at radius 3 is 2.44 bits per heavy atom. The molecule has 0 heterocycles. The number of ether oxygens (including phenoxy) is 1. The monoisotopic (exact) mass is 262 g/mol. The second kappa shape index (κ2) is 5.06. The smallest absolute Gasteiger partial charge is 0.232 e. The topological polar surface area (TPSA) is 43.4 Å². The van der Waals surface area contributed by atoms with Gasteiger partial charge in [0.2, 0.25) is 9.05 Å². The average Bonchev–Trinajstić information content (AvgIpc) is 2.12. The Balaban J connectivity index is 3.03. The normalized spacial score (nSPS) is 11.5. The van der Waals surface area contributed by atoms with Crippen LogP contribution in [0.3, 0.4) is 0 Å². The van der Waals surface area contributed by atoms with Crippen LogP contribution >= 0.6 is 10.7 Å². The first-order valence-electron chi connectivity index (χ1n) is 4.90. The maximum absolute atomic E-state index is 10.9. The van der Waals surface area contributed by atoms with Crippen LogP contribution in [-0.4, -0.2) is 21.3 Å². The number of aryl methyl sites for hydroxylation is 3. The van der Waals surface area contributed by atoms with Crippen molar-refractivity contribution in [3.63, 3.8) is 0 Å². The molecule has 0 saturated carbocycles. The van der Waals surface area contributed by atoms with Crippen molar-refractivity contribution in [2.75, 3.05) is 12.9 Å². The van der Waals surface area contributed by atoms with Gasteiger partial charge in [0.25, 0.3) is 0 Å². The van der Waals surface area contributed by atoms with Gasteiger partial charge in [-0.25, -0.2) is 8.42 Å². The minimum atomic E-state index is -3.46. The minimum absolute atomic E-state index is 0.0756. The van der Waals surface area contributed by atoms with Crippen molar-refractivity contribution >= 4 is 19.7 Å². The van der Waals surface area contributed by atoms with Gasteiger partial charge >= 0.3 is 0 Å². The Hall–Kier alpha value is -0.740. The highest BCUT2D eigenvalue weighted by Crippen LogP contribution is 2.25. The maximum atomic E-state index is 10.9. The molecule has 1 aromatic rings. The van der Waals surface area contributed by atoms with Crippen molar-refractivity contribution in [1.82, 2.24) is 0 Å². The van der Waals surface area contributed by atoms with E-state index in [1.165, 1.54) is 0 Å². The molecule has 1 rings (SSSR count). The van der Waals surface area contributed by atoms with Crippen LogP contribution in [0.1, 0.15) is 16.7 Å². The second-order valence-corrected chi connectivity index (χ2v) is 6.66. The predicted octanol–water partition coefficient (Wildman–Crippen LogP) is 2.42. The zero-order valence-corrected chi connectivity index (χ0v) is 11.2. The van der Waals surface area contributed by atoms with Gasteiger partial charge in [-0.1, -0.05) is 17.7 Å². The number of halogens is 1. The van der Waals surface area contributed by atoms with E-state index in [2.05, 4.69) is 0 Å². The third-order valence-electron chi connectivity index (χ3n) is 2.32. The molecule has 0 aliphatic rings. The molecule has 0 amide bonds. The summed E-state index contributed by atoms with van der Waals surface area (Å²) in [6, 6.07) is 3.92. The van der Waals surface area contributed by atoms with Crippen LogP contribution in [0.25, 0.3) is 0 Å². The van der Waals surface area contributed by atoms with Gasteiger partial charge in [-0.15, -0.1) is 0 Å². The molecule has 0 aliphatic heterocycles. The molecule has 0 bridgehead atoms. The molecule has 0 unspecified atom stereocenters. The van der Waals surface area contributed by atoms with Gasteiger partial charge in [0, 0.05) is 10.7 Å². The summed E-state index contributed by atoms with van der Waals surface area (Å²) in [6.07, 6.45) is 0.373. The van der Waals surface area contributed by atoms with Crippen molar-refractivity contribution in [2.45, 2.75) is 20.3 Å². The number of methoxy groups -OCH3 is 1. The lowest BCUT2D eigenvalue weighted by molar-refractivity contribution is 0.407. The number of hydrogen-bond donors (Lipinski definition) is 0. The predicted molar refractivity (Wildman–Crippen MR) is 65.8 cm³/mol. The molecule has 3 nitrogen and oxygen atoms in total. The Morgan fingerprint density at radius 1 is 1.31 bits per heavy atom. The van der Waals surface area contributed by atoms with Crippen LogP contribution in [0.5, 0.6) is 5.75 Å². The van der Waals surface area contributed by atoms with Crippen LogP contribution in [0.2, 0.25) is 0 Å². The first-order valence-corrected chi connectivity index (χ1v) is 7.38. The summed E-state index contributed by atoms with van der Waals surface area (Å²) >= 11 is 0. The molecule has 5 heteroatoms. The van der Waals surface area contributed by atoms with Crippen molar-refractivity contribution in [3.05, 3.63) is 28.8 Å². The van der Waals surface area contributed by atoms with Gasteiger partial charge in [0.1, 0.15) is 5.75 Å². The van der Waals surface area contributed by atoms with Crippen molar-refractivity contribution in [1.29, 1.82) is 0 Å². The Labute approximate surface area is 101 Å². The summed E-state index contributed by atoms with van der Waals surface area (Å²) in [7, 11) is 3.31. The van der Waals surface area contributed by atoms with Crippen molar-refractivity contribution < 1.29 is 13.2 Å². The molecule has 16 heavy (non-hydrogen) atoms. The fourth-order valence-electron chi connectivity index (χ4n) is 1.75. The molecule has 0 radical (unpaired) electrons. The van der Waals surface area contributed by atoms with E-state index < -0.39 is 9.05 Å². The van der Waals surface area contributed by atoms with E-state index in [9.17, 15) is 8.42 Å². The lowest BCUT2D eigenvalue weighted by atomic mass is 10.0. The molecule has 0 spiro atoms. The highest BCUT2D eigenvalue weighted by molar-refractivity contribution is 8.13. The molecule has 0 atom stereocenters. The highest BCUT2D eigenvalue weighted by atomic mass is 35.7. The molecule has 90 valence electrons. The molecule has 0 fully saturated rings. The minimum Gasteiger partial charge on any atom is -0.496 e. The quantitative estimate of drug-likeness (QED) is 0.783. The van der Waals surface area contributed by atoms with Crippen LogP contribution in [0.4, 0.5) is 0 Å². The number of benzene rings is 1. The maximum Gasteiger partial charge on any atom is 0.232 e. The fraction of sp³-hybridized carbons (Fsp3) is 0.455. The third kappa shape index (κ3) is 3.68. The molecule has 0 aromatic heterocycles. The molecule has 1 aromatic carbocycles. The highest BCUT2D eigenvalue weighted by Gasteiger charge is 2.11. The van der Waals surface area contributed by atoms with Crippen LogP contribution in [0, 0.1) is 13.8 Å². The molecular formula is C11H15ClO3S. The summed E-state index contributed by atoms with van der Waals surface area (Å²) < 4.78 is 27.1. The summed E-state index contributed by atoms with van der Waals surface area (Å²) in [4.78, 5) is 0. The van der Waals surface area contributed by atoms with Gasteiger partial charge in [-0.3, -0.25) is 0 Å². The molecule has 0 saturated heterocycles. The van der Waals surface area contributed by atoms with Crippen LogP contribution in [-0.2, 0) is 15.5 Å². The van der Waals surface area contributed by atoms with Gasteiger partial charge in [0.15, 0.2) is 0 Å². The first kappa shape index (κ1) is 13.3. The SMILES string of the molecule is COc1c(C)cc(C)cc1CCS(=O)(=O)Cl. The zero-order chi connectivity index (χ0) is 12.3. The van der Waals surface area contributed by atoms with Gasteiger partial charge < -0.3 is 4.74 Å². The fourth-order valence-corrected chi connectivity index (χ4v) is 2.45. The Morgan fingerprint density at radius 2 is 1.94 bits per heavy atom. The van der Waals surface area contributed by atoms with Gasteiger partial charge in [-0.2, -0.15) is 0 Å². The van der Waals surface area contributed by atoms with E-state index >= 15 is 0 Å².